The molecule has 1 aromatic rings. The molecule has 0 aliphatic carbocycles. The lowest BCUT2D eigenvalue weighted by atomic mass is 10.2. The lowest BCUT2D eigenvalue weighted by Gasteiger charge is -2.34. The summed E-state index contributed by atoms with van der Waals surface area (Å²) in [5.74, 6) is -3.16. The Bertz CT molecular complexity index is 514. The summed E-state index contributed by atoms with van der Waals surface area (Å²) in [5.41, 5.74) is -0.330. The largest absolute Gasteiger partial charge is 0.339 e. The van der Waals surface area contributed by atoms with Crippen molar-refractivity contribution in [2.45, 2.75) is 6.92 Å². The lowest BCUT2D eigenvalue weighted by molar-refractivity contribution is -0.130. The maximum absolute atomic E-state index is 13.5. The average molecular weight is 269 g/mol. The zero-order valence-corrected chi connectivity index (χ0v) is 10.4. The Balaban J connectivity index is 2.09. The second kappa shape index (κ2) is 5.29. The smallest absolute Gasteiger partial charge is 0.257 e. The Hall–Kier alpha value is -2.05. The molecule has 0 aromatic carbocycles. The van der Waals surface area contributed by atoms with E-state index in [4.69, 9.17) is 0 Å². The van der Waals surface area contributed by atoms with Gasteiger partial charge in [-0.2, -0.15) is 4.39 Å². The van der Waals surface area contributed by atoms with E-state index in [1.54, 1.807) is 4.90 Å². The minimum atomic E-state index is -1.28. The van der Waals surface area contributed by atoms with Gasteiger partial charge in [0, 0.05) is 39.3 Å². The minimum Gasteiger partial charge on any atom is -0.339 e. The molecule has 2 amide bonds. The van der Waals surface area contributed by atoms with Crippen LogP contribution in [0.15, 0.2) is 12.3 Å². The second-order valence-corrected chi connectivity index (χ2v) is 4.26. The van der Waals surface area contributed by atoms with Gasteiger partial charge in [0.1, 0.15) is 0 Å². The van der Waals surface area contributed by atoms with Crippen LogP contribution in [0, 0.1) is 11.8 Å². The molecule has 0 spiro atoms. The van der Waals surface area contributed by atoms with Crippen molar-refractivity contribution in [2.75, 3.05) is 26.2 Å². The number of halogens is 2. The summed E-state index contributed by atoms with van der Waals surface area (Å²) < 4.78 is 26.4. The van der Waals surface area contributed by atoms with Crippen LogP contribution in [0.4, 0.5) is 8.78 Å². The molecule has 2 heterocycles. The molecular weight excluding hydrogens is 256 g/mol. The van der Waals surface area contributed by atoms with Gasteiger partial charge in [-0.25, -0.2) is 9.37 Å². The molecule has 1 aromatic heterocycles. The van der Waals surface area contributed by atoms with Gasteiger partial charge in [-0.15, -0.1) is 0 Å². The molecule has 0 atom stereocenters. The van der Waals surface area contributed by atoms with E-state index < -0.39 is 17.7 Å². The maximum Gasteiger partial charge on any atom is 0.257 e. The third-order valence-electron chi connectivity index (χ3n) is 3.09. The van der Waals surface area contributed by atoms with Crippen molar-refractivity contribution >= 4 is 11.8 Å². The number of nitrogens with zero attached hydrogens (tertiary/aromatic N) is 3. The van der Waals surface area contributed by atoms with Gasteiger partial charge in [0.2, 0.25) is 11.9 Å². The molecule has 0 N–H and O–H groups in total. The highest BCUT2D eigenvalue weighted by Gasteiger charge is 2.26. The van der Waals surface area contributed by atoms with Gasteiger partial charge in [0.25, 0.3) is 5.91 Å². The van der Waals surface area contributed by atoms with Gasteiger partial charge >= 0.3 is 0 Å². The van der Waals surface area contributed by atoms with Crippen LogP contribution in [-0.2, 0) is 4.79 Å². The number of rotatable bonds is 1. The molecule has 0 bridgehead atoms. The Labute approximate surface area is 108 Å². The third-order valence-corrected chi connectivity index (χ3v) is 3.09. The van der Waals surface area contributed by atoms with Gasteiger partial charge in [-0.3, -0.25) is 9.59 Å². The number of hydrogen-bond donors (Lipinski definition) is 0. The minimum absolute atomic E-state index is 0.0618. The van der Waals surface area contributed by atoms with Crippen LogP contribution in [0.5, 0.6) is 0 Å². The van der Waals surface area contributed by atoms with Crippen molar-refractivity contribution in [1.82, 2.24) is 14.8 Å². The van der Waals surface area contributed by atoms with Crippen LogP contribution in [-0.4, -0.2) is 52.8 Å². The zero-order valence-electron chi connectivity index (χ0n) is 10.4. The molecule has 2 rings (SSSR count). The SMILES string of the molecule is CC(=O)N1CCN(C(=O)c2ccnc(F)c2F)CC1. The summed E-state index contributed by atoms with van der Waals surface area (Å²) in [6.07, 6.45) is 1.05. The van der Waals surface area contributed by atoms with Crippen LogP contribution >= 0.6 is 0 Å². The molecule has 0 radical (unpaired) electrons. The molecule has 1 aliphatic heterocycles. The topological polar surface area (TPSA) is 53.5 Å². The zero-order chi connectivity index (χ0) is 14.0. The Morgan fingerprint density at radius 3 is 2.32 bits per heavy atom. The van der Waals surface area contributed by atoms with Gasteiger partial charge in [-0.1, -0.05) is 0 Å². The number of pyridine rings is 1. The van der Waals surface area contributed by atoms with Gasteiger partial charge in [-0.05, 0) is 6.07 Å². The van der Waals surface area contributed by atoms with Gasteiger partial charge < -0.3 is 9.80 Å². The molecule has 19 heavy (non-hydrogen) atoms. The number of hydrogen-bond acceptors (Lipinski definition) is 3. The first-order valence-electron chi connectivity index (χ1n) is 5.85. The van der Waals surface area contributed by atoms with Crippen molar-refractivity contribution < 1.29 is 18.4 Å². The highest BCUT2D eigenvalue weighted by Crippen LogP contribution is 2.13. The maximum atomic E-state index is 13.5. The van der Waals surface area contributed by atoms with E-state index in [1.807, 2.05) is 0 Å². The van der Waals surface area contributed by atoms with Crippen molar-refractivity contribution in [3.8, 4) is 0 Å². The predicted molar refractivity (Wildman–Crippen MR) is 62.3 cm³/mol. The summed E-state index contributed by atoms with van der Waals surface area (Å²) in [5, 5.41) is 0. The average Bonchev–Trinajstić information content (AvgIpc) is 2.41. The fraction of sp³-hybridized carbons (Fsp3) is 0.417. The molecule has 0 saturated carbocycles. The van der Waals surface area contributed by atoms with Gasteiger partial charge in [0.15, 0.2) is 5.82 Å². The van der Waals surface area contributed by atoms with E-state index in [2.05, 4.69) is 4.98 Å². The molecule has 102 valence electrons. The predicted octanol–water partition coefficient (Wildman–Crippen LogP) is 0.664. The Morgan fingerprint density at radius 2 is 1.74 bits per heavy atom. The molecule has 1 aliphatic rings. The molecular formula is C12H13F2N3O2. The fourth-order valence-electron chi connectivity index (χ4n) is 1.98. The first-order valence-corrected chi connectivity index (χ1v) is 5.85. The molecule has 5 nitrogen and oxygen atoms in total. The van der Waals surface area contributed by atoms with E-state index in [0.717, 1.165) is 12.3 Å². The summed E-state index contributed by atoms with van der Waals surface area (Å²) in [6, 6.07) is 1.15. The summed E-state index contributed by atoms with van der Waals surface area (Å²) >= 11 is 0. The monoisotopic (exact) mass is 269 g/mol. The quantitative estimate of drug-likeness (QED) is 0.704. The van der Waals surface area contributed by atoms with Gasteiger partial charge in [0.05, 0.1) is 5.56 Å². The van der Waals surface area contributed by atoms with Crippen molar-refractivity contribution in [3.63, 3.8) is 0 Å². The summed E-state index contributed by atoms with van der Waals surface area (Å²) in [4.78, 5) is 29.3. The number of amides is 2. The molecule has 1 fully saturated rings. The first kappa shape index (κ1) is 13.4. The Kier molecular flexibility index (Phi) is 3.73. The van der Waals surface area contributed by atoms with Crippen LogP contribution < -0.4 is 0 Å². The van der Waals surface area contributed by atoms with E-state index >= 15 is 0 Å². The summed E-state index contributed by atoms with van der Waals surface area (Å²) in [7, 11) is 0. The molecule has 7 heteroatoms. The Morgan fingerprint density at radius 1 is 1.16 bits per heavy atom. The summed E-state index contributed by atoms with van der Waals surface area (Å²) in [6.45, 7) is 2.87. The standard InChI is InChI=1S/C12H13F2N3O2/c1-8(18)16-4-6-17(7-5-16)12(19)9-2-3-15-11(14)10(9)13/h2-3H,4-7H2,1H3. The fourth-order valence-corrected chi connectivity index (χ4v) is 1.98. The van der Waals surface area contributed by atoms with Crippen LogP contribution in [0.3, 0.4) is 0 Å². The molecule has 1 saturated heterocycles. The van der Waals surface area contributed by atoms with E-state index in [-0.39, 0.29) is 11.5 Å². The van der Waals surface area contributed by atoms with Crippen molar-refractivity contribution in [1.29, 1.82) is 0 Å². The number of carbonyl (C=O) groups is 2. The van der Waals surface area contributed by atoms with Crippen molar-refractivity contribution in [3.05, 3.63) is 29.6 Å². The van der Waals surface area contributed by atoms with Crippen LogP contribution in [0.25, 0.3) is 0 Å². The highest BCUT2D eigenvalue weighted by molar-refractivity contribution is 5.94. The number of piperazine rings is 1. The number of carbonyl (C=O) groups excluding carboxylic acids is 2. The van der Waals surface area contributed by atoms with E-state index in [9.17, 15) is 18.4 Å². The normalized spacial score (nSPS) is 15.5. The second-order valence-electron chi connectivity index (χ2n) is 4.26. The van der Waals surface area contributed by atoms with E-state index in [0.29, 0.717) is 26.2 Å². The highest BCUT2D eigenvalue weighted by atomic mass is 19.2. The van der Waals surface area contributed by atoms with Crippen LogP contribution in [0.2, 0.25) is 0 Å². The molecule has 0 unspecified atom stereocenters. The first-order chi connectivity index (χ1) is 9.00. The lowest BCUT2D eigenvalue weighted by Crippen LogP contribution is -2.50. The van der Waals surface area contributed by atoms with E-state index in [1.165, 1.54) is 11.8 Å². The van der Waals surface area contributed by atoms with Crippen molar-refractivity contribution in [2.24, 2.45) is 0 Å². The number of aromatic nitrogens is 1. The van der Waals surface area contributed by atoms with Crippen LogP contribution in [0.1, 0.15) is 17.3 Å². The third kappa shape index (κ3) is 2.69.